The van der Waals surface area contributed by atoms with E-state index in [1.165, 1.54) is 4.90 Å². The van der Waals surface area contributed by atoms with Gasteiger partial charge in [0.25, 0.3) is 11.8 Å². The Kier molecular flexibility index (Phi) is 5.47. The fourth-order valence-electron chi connectivity index (χ4n) is 3.54. The van der Waals surface area contributed by atoms with Crippen molar-refractivity contribution in [1.82, 2.24) is 14.9 Å². The lowest BCUT2D eigenvalue weighted by atomic mass is 10.1. The molecule has 0 atom stereocenters. The minimum Gasteiger partial charge on any atom is -0.303 e. The van der Waals surface area contributed by atoms with Crippen LogP contribution in [0.2, 0.25) is 5.02 Å². The van der Waals surface area contributed by atoms with E-state index in [1.807, 2.05) is 43.5 Å². The lowest BCUT2D eigenvalue weighted by molar-refractivity contribution is -0.122. The maximum absolute atomic E-state index is 13.2. The van der Waals surface area contributed by atoms with Crippen LogP contribution in [0.15, 0.2) is 54.2 Å². The zero-order valence-electron chi connectivity index (χ0n) is 17.1. The van der Waals surface area contributed by atoms with E-state index in [1.54, 1.807) is 36.5 Å². The molecule has 1 fully saturated rings. The van der Waals surface area contributed by atoms with Crippen molar-refractivity contribution >= 4 is 52.5 Å². The van der Waals surface area contributed by atoms with Crippen molar-refractivity contribution in [2.75, 3.05) is 4.90 Å². The molecule has 0 radical (unpaired) electrons. The van der Waals surface area contributed by atoms with E-state index in [2.05, 4.69) is 10.3 Å². The first kappa shape index (κ1) is 21.0. The Labute approximate surface area is 190 Å². The molecule has 6 nitrogen and oxygen atoms in total. The van der Waals surface area contributed by atoms with Crippen LogP contribution in [0.3, 0.4) is 0 Å². The molecule has 2 aromatic heterocycles. The van der Waals surface area contributed by atoms with Gasteiger partial charge in [-0.2, -0.15) is 0 Å². The number of para-hydroxylation sites is 1. The molecule has 0 aliphatic carbocycles. The number of pyridine rings is 1. The zero-order chi connectivity index (χ0) is 22.3. The number of carbonyl (C=O) groups is 2. The number of hydrogen-bond donors (Lipinski definition) is 1. The Morgan fingerprint density at radius 2 is 1.84 bits per heavy atom. The van der Waals surface area contributed by atoms with E-state index in [0.717, 1.165) is 28.3 Å². The molecule has 4 rings (SSSR count). The largest absolute Gasteiger partial charge is 0.303 e. The van der Waals surface area contributed by atoms with Gasteiger partial charge in [0.15, 0.2) is 5.11 Å². The van der Waals surface area contributed by atoms with E-state index in [4.69, 9.17) is 23.8 Å². The number of halogens is 1. The van der Waals surface area contributed by atoms with Crippen LogP contribution < -0.4 is 10.2 Å². The lowest BCUT2D eigenvalue weighted by Crippen LogP contribution is -2.54. The Balaban J connectivity index is 1.77. The first-order valence-corrected chi connectivity index (χ1v) is 10.3. The standard InChI is InChI=1S/C23H19ClN4O2S/c1-13-8-9-20(25-12-13)27-14(2)10-16(15(27)3)11-17-21(29)26-23(31)28(22(17)30)19-7-5-4-6-18(19)24/h4-12H,1-3H3,(H,26,29,31)/b17-11+. The highest BCUT2D eigenvalue weighted by Crippen LogP contribution is 2.29. The van der Waals surface area contributed by atoms with Gasteiger partial charge < -0.3 is 4.57 Å². The first-order valence-electron chi connectivity index (χ1n) is 9.56. The fraction of sp³-hybridized carbons (Fsp3) is 0.130. The monoisotopic (exact) mass is 450 g/mol. The Hall–Kier alpha value is -3.29. The summed E-state index contributed by atoms with van der Waals surface area (Å²) in [5, 5.41) is 2.94. The predicted octanol–water partition coefficient (Wildman–Crippen LogP) is 4.28. The van der Waals surface area contributed by atoms with Gasteiger partial charge in [-0.05, 0) is 74.5 Å². The van der Waals surface area contributed by atoms with Crippen molar-refractivity contribution in [2.24, 2.45) is 0 Å². The average molecular weight is 451 g/mol. The first-order chi connectivity index (χ1) is 14.8. The maximum atomic E-state index is 13.2. The summed E-state index contributed by atoms with van der Waals surface area (Å²) in [5.41, 5.74) is 3.99. The molecule has 2 amide bonds. The molecule has 3 aromatic rings. The van der Waals surface area contributed by atoms with Crippen LogP contribution in [-0.2, 0) is 9.59 Å². The summed E-state index contributed by atoms with van der Waals surface area (Å²) in [6, 6.07) is 12.7. The quantitative estimate of drug-likeness (QED) is 0.367. The van der Waals surface area contributed by atoms with Crippen LogP contribution in [0.25, 0.3) is 11.9 Å². The molecule has 1 aromatic carbocycles. The van der Waals surface area contributed by atoms with Gasteiger partial charge in [0.1, 0.15) is 11.4 Å². The minimum atomic E-state index is -0.545. The van der Waals surface area contributed by atoms with Crippen molar-refractivity contribution in [3.63, 3.8) is 0 Å². The normalized spacial score (nSPS) is 15.5. The summed E-state index contributed by atoms with van der Waals surface area (Å²) in [7, 11) is 0. The summed E-state index contributed by atoms with van der Waals surface area (Å²) in [5.74, 6) is -0.305. The number of thiocarbonyl (C=S) groups is 1. The molecule has 1 saturated heterocycles. The molecule has 1 N–H and O–H groups in total. The summed E-state index contributed by atoms with van der Waals surface area (Å²) < 4.78 is 1.98. The molecule has 3 heterocycles. The summed E-state index contributed by atoms with van der Waals surface area (Å²) in [4.78, 5) is 31.6. The number of nitrogens with zero attached hydrogens (tertiary/aromatic N) is 3. The molecule has 1 aliphatic heterocycles. The average Bonchev–Trinajstić information content (AvgIpc) is 3.00. The molecule has 31 heavy (non-hydrogen) atoms. The van der Waals surface area contributed by atoms with Crippen molar-refractivity contribution in [3.8, 4) is 5.82 Å². The van der Waals surface area contributed by atoms with Crippen LogP contribution in [0.5, 0.6) is 0 Å². The second-order valence-electron chi connectivity index (χ2n) is 7.26. The second kappa shape index (κ2) is 8.09. The number of nitrogens with one attached hydrogen (secondary N) is 1. The van der Waals surface area contributed by atoms with Crippen LogP contribution in [-0.4, -0.2) is 26.5 Å². The number of hydrogen-bond acceptors (Lipinski definition) is 4. The highest BCUT2D eigenvalue weighted by atomic mass is 35.5. The summed E-state index contributed by atoms with van der Waals surface area (Å²) >= 11 is 11.5. The van der Waals surface area contributed by atoms with E-state index in [-0.39, 0.29) is 10.7 Å². The third-order valence-corrected chi connectivity index (χ3v) is 5.69. The van der Waals surface area contributed by atoms with Gasteiger partial charge in [0.05, 0.1) is 10.7 Å². The highest BCUT2D eigenvalue weighted by Gasteiger charge is 2.35. The molecule has 0 saturated carbocycles. The Bertz CT molecular complexity index is 1260. The number of aromatic nitrogens is 2. The highest BCUT2D eigenvalue weighted by molar-refractivity contribution is 7.80. The summed E-state index contributed by atoms with van der Waals surface area (Å²) in [6.07, 6.45) is 3.38. The van der Waals surface area contributed by atoms with Gasteiger partial charge >= 0.3 is 0 Å². The Morgan fingerprint density at radius 1 is 1.10 bits per heavy atom. The number of carbonyl (C=O) groups excluding carboxylic acids is 2. The Morgan fingerprint density at radius 3 is 2.52 bits per heavy atom. The smallest absolute Gasteiger partial charge is 0.270 e. The minimum absolute atomic E-state index is 0.00502. The topological polar surface area (TPSA) is 67.2 Å². The lowest BCUT2D eigenvalue weighted by Gasteiger charge is -2.29. The number of anilines is 1. The number of amides is 2. The third kappa shape index (κ3) is 3.78. The van der Waals surface area contributed by atoms with Crippen molar-refractivity contribution in [3.05, 3.63) is 81.8 Å². The van der Waals surface area contributed by atoms with Crippen LogP contribution in [0, 0.1) is 20.8 Å². The molecule has 156 valence electrons. The SMILES string of the molecule is Cc1ccc(-n2c(C)cc(/C=C3\C(=O)NC(=S)N(c4ccccc4Cl)C3=O)c2C)nc1. The molecular weight excluding hydrogens is 432 g/mol. The van der Waals surface area contributed by atoms with Gasteiger partial charge in [-0.25, -0.2) is 4.98 Å². The van der Waals surface area contributed by atoms with Crippen molar-refractivity contribution < 1.29 is 9.59 Å². The zero-order valence-corrected chi connectivity index (χ0v) is 18.7. The number of rotatable bonds is 3. The molecular formula is C23H19ClN4O2S. The van der Waals surface area contributed by atoms with Gasteiger partial charge in [-0.15, -0.1) is 0 Å². The molecule has 0 bridgehead atoms. The van der Waals surface area contributed by atoms with Gasteiger partial charge in [-0.3, -0.25) is 19.8 Å². The van der Waals surface area contributed by atoms with Gasteiger partial charge in [0, 0.05) is 17.6 Å². The molecule has 1 aliphatic rings. The number of aryl methyl sites for hydroxylation is 2. The van der Waals surface area contributed by atoms with Crippen LogP contribution in [0.4, 0.5) is 5.69 Å². The number of benzene rings is 1. The van der Waals surface area contributed by atoms with E-state index in [9.17, 15) is 9.59 Å². The molecule has 0 unspecified atom stereocenters. The van der Waals surface area contributed by atoms with E-state index in [0.29, 0.717) is 10.7 Å². The van der Waals surface area contributed by atoms with Crippen molar-refractivity contribution in [2.45, 2.75) is 20.8 Å². The second-order valence-corrected chi connectivity index (χ2v) is 8.06. The van der Waals surface area contributed by atoms with Crippen LogP contribution >= 0.6 is 23.8 Å². The van der Waals surface area contributed by atoms with E-state index < -0.39 is 11.8 Å². The van der Waals surface area contributed by atoms with Crippen LogP contribution in [0.1, 0.15) is 22.5 Å². The molecule has 0 spiro atoms. The van der Waals surface area contributed by atoms with Gasteiger partial charge in [-0.1, -0.05) is 29.8 Å². The van der Waals surface area contributed by atoms with Crippen molar-refractivity contribution in [1.29, 1.82) is 0 Å². The van der Waals surface area contributed by atoms with E-state index >= 15 is 0 Å². The van der Waals surface area contributed by atoms with Gasteiger partial charge in [0.2, 0.25) is 0 Å². The predicted molar refractivity (Wildman–Crippen MR) is 125 cm³/mol. The molecule has 8 heteroatoms. The summed E-state index contributed by atoms with van der Waals surface area (Å²) in [6.45, 7) is 5.84. The maximum Gasteiger partial charge on any atom is 0.270 e. The fourth-order valence-corrected chi connectivity index (χ4v) is 4.04. The third-order valence-electron chi connectivity index (χ3n) is 5.09.